The van der Waals surface area contributed by atoms with Gasteiger partial charge in [0, 0.05) is 17.8 Å². The molecular weight excluding hydrogens is 452 g/mol. The molecule has 1 saturated heterocycles. The summed E-state index contributed by atoms with van der Waals surface area (Å²) >= 11 is 4.44. The van der Waals surface area contributed by atoms with Gasteiger partial charge < -0.3 is 5.32 Å². The lowest BCUT2D eigenvalue weighted by atomic mass is 10.1. The molecule has 0 aliphatic carbocycles. The van der Waals surface area contributed by atoms with Gasteiger partial charge in [0.25, 0.3) is 0 Å². The van der Waals surface area contributed by atoms with Crippen molar-refractivity contribution < 1.29 is 16.8 Å². The van der Waals surface area contributed by atoms with Gasteiger partial charge in [-0.25, -0.2) is 16.8 Å². The quantitative estimate of drug-likeness (QED) is 0.476. The van der Waals surface area contributed by atoms with Gasteiger partial charge in [0.2, 0.25) is 10.0 Å². The summed E-state index contributed by atoms with van der Waals surface area (Å²) in [5.74, 6) is 0. The molecule has 1 aliphatic rings. The van der Waals surface area contributed by atoms with Crippen molar-refractivity contribution in [3.8, 4) is 0 Å². The summed E-state index contributed by atoms with van der Waals surface area (Å²) in [6, 6.07) is 18.0. The van der Waals surface area contributed by atoms with E-state index in [4.69, 9.17) is 0 Å². The van der Waals surface area contributed by atoms with Crippen LogP contribution in [0.3, 0.4) is 0 Å². The van der Waals surface area contributed by atoms with Gasteiger partial charge >= 0.3 is 0 Å². The average molecular weight is 477 g/mol. The number of hydrogen-bond donors (Lipinski definition) is 3. The molecule has 6 nitrogen and oxygen atoms in total. The first-order valence-electron chi connectivity index (χ1n) is 9.90. The first kappa shape index (κ1) is 22.3. The van der Waals surface area contributed by atoms with Gasteiger partial charge in [-0.2, -0.15) is 17.4 Å². The van der Waals surface area contributed by atoms with E-state index in [2.05, 4.69) is 22.7 Å². The van der Waals surface area contributed by atoms with E-state index in [0.717, 1.165) is 16.3 Å². The van der Waals surface area contributed by atoms with Crippen LogP contribution in [0.4, 0.5) is 0 Å². The number of sulfonamides is 1. The van der Waals surface area contributed by atoms with Crippen molar-refractivity contribution in [3.63, 3.8) is 0 Å². The number of sulfone groups is 1. The molecule has 4 rings (SSSR count). The first-order chi connectivity index (χ1) is 14.7. The molecule has 2 N–H and O–H groups in total. The maximum absolute atomic E-state index is 13.6. The minimum absolute atomic E-state index is 0.0252. The summed E-state index contributed by atoms with van der Waals surface area (Å²) < 4.78 is 55.9. The van der Waals surface area contributed by atoms with Crippen LogP contribution in [-0.2, 0) is 19.9 Å². The minimum Gasteiger partial charge on any atom is -0.310 e. The molecule has 0 spiro atoms. The molecule has 3 aromatic carbocycles. The van der Waals surface area contributed by atoms with Gasteiger partial charge in [0.15, 0.2) is 9.84 Å². The van der Waals surface area contributed by atoms with Crippen LogP contribution in [0.5, 0.6) is 0 Å². The third-order valence-electron chi connectivity index (χ3n) is 5.49. The summed E-state index contributed by atoms with van der Waals surface area (Å²) in [7, 11) is -8.09. The average Bonchev–Trinajstić information content (AvgIpc) is 3.17. The highest BCUT2D eigenvalue weighted by Crippen LogP contribution is 2.27. The zero-order valence-corrected chi connectivity index (χ0v) is 19.4. The molecule has 1 aliphatic heterocycles. The molecule has 0 aromatic heterocycles. The van der Waals surface area contributed by atoms with Crippen LogP contribution < -0.4 is 10.0 Å². The first-order valence-corrected chi connectivity index (χ1v) is 13.4. The molecular formula is C22H24N2O4S3. The van der Waals surface area contributed by atoms with Crippen LogP contribution in [0.25, 0.3) is 10.8 Å². The number of benzene rings is 3. The maximum Gasteiger partial charge on any atom is 0.241 e. The molecule has 0 saturated carbocycles. The summed E-state index contributed by atoms with van der Waals surface area (Å²) in [5, 5.41) is 3.39. The van der Waals surface area contributed by atoms with Crippen molar-refractivity contribution in [1.29, 1.82) is 0 Å². The zero-order valence-electron chi connectivity index (χ0n) is 16.9. The van der Waals surface area contributed by atoms with Crippen molar-refractivity contribution in [2.24, 2.45) is 0 Å². The number of thiol groups is 1. The number of nitrogens with one attached hydrogen (secondary N) is 2. The van der Waals surface area contributed by atoms with E-state index < -0.39 is 31.3 Å². The molecule has 1 heterocycles. The van der Waals surface area contributed by atoms with Gasteiger partial charge in [-0.3, -0.25) is 0 Å². The van der Waals surface area contributed by atoms with E-state index in [1.807, 2.05) is 31.2 Å². The summed E-state index contributed by atoms with van der Waals surface area (Å²) in [5.41, 5.74) is 0.912. The second kappa shape index (κ2) is 8.55. The van der Waals surface area contributed by atoms with Crippen LogP contribution in [0.2, 0.25) is 0 Å². The number of fused-ring (bicyclic) bond motifs is 1. The highest BCUT2D eigenvalue weighted by Gasteiger charge is 2.41. The minimum atomic E-state index is -4.06. The molecule has 0 bridgehead atoms. The number of rotatable bonds is 6. The highest BCUT2D eigenvalue weighted by atomic mass is 32.2. The Hall–Kier alpha value is -1.91. The molecule has 0 radical (unpaired) electrons. The van der Waals surface area contributed by atoms with Crippen molar-refractivity contribution in [1.82, 2.24) is 10.0 Å². The standard InChI is InChI=1S/C22H24N2O4S3/c1-15-6-9-19(10-7-15)31(27,28)24-22(21-13-18(29)14-23-21)30(25,26)20-11-8-16-4-2-3-5-17(16)12-20/h2-12,18,21-24,29H,13-14H2,1H3. The normalized spacial score (nSPS) is 20.7. The fourth-order valence-corrected chi connectivity index (χ4v) is 7.57. The Labute approximate surface area is 188 Å². The van der Waals surface area contributed by atoms with Gasteiger partial charge in [0.05, 0.1) is 9.79 Å². The molecule has 0 amide bonds. The van der Waals surface area contributed by atoms with Gasteiger partial charge in [-0.15, -0.1) is 0 Å². The molecule has 3 atom stereocenters. The summed E-state index contributed by atoms with van der Waals surface area (Å²) in [6.45, 7) is 2.36. The van der Waals surface area contributed by atoms with Crippen molar-refractivity contribution in [2.75, 3.05) is 6.54 Å². The zero-order chi connectivity index (χ0) is 22.2. The fraction of sp³-hybridized carbons (Fsp3) is 0.273. The van der Waals surface area contributed by atoms with E-state index in [9.17, 15) is 16.8 Å². The van der Waals surface area contributed by atoms with E-state index in [0.29, 0.717) is 13.0 Å². The van der Waals surface area contributed by atoms with Crippen molar-refractivity contribution >= 4 is 43.3 Å². The second-order valence-electron chi connectivity index (χ2n) is 7.81. The molecule has 3 aromatic rings. The lowest BCUT2D eigenvalue weighted by molar-refractivity contribution is 0.497. The Morgan fingerprint density at radius 2 is 1.58 bits per heavy atom. The number of hydrogen-bond acceptors (Lipinski definition) is 6. The van der Waals surface area contributed by atoms with E-state index in [1.165, 1.54) is 18.2 Å². The van der Waals surface area contributed by atoms with Gasteiger partial charge in [-0.05, 0) is 48.4 Å². The van der Waals surface area contributed by atoms with Gasteiger partial charge in [-0.1, -0.05) is 48.0 Å². The Morgan fingerprint density at radius 1 is 0.935 bits per heavy atom. The van der Waals surface area contributed by atoms with Crippen molar-refractivity contribution in [3.05, 3.63) is 72.3 Å². The van der Waals surface area contributed by atoms with Gasteiger partial charge in [0.1, 0.15) is 5.37 Å². The molecule has 1 fully saturated rings. The number of aryl methyl sites for hydroxylation is 1. The topological polar surface area (TPSA) is 92.3 Å². The molecule has 164 valence electrons. The summed E-state index contributed by atoms with van der Waals surface area (Å²) in [6.07, 6.45) is 0.428. The largest absolute Gasteiger partial charge is 0.310 e. The Kier molecular flexibility index (Phi) is 6.15. The Morgan fingerprint density at radius 3 is 2.23 bits per heavy atom. The lowest BCUT2D eigenvalue weighted by Crippen LogP contribution is -2.51. The Balaban J connectivity index is 1.75. The van der Waals surface area contributed by atoms with E-state index in [1.54, 1.807) is 24.3 Å². The smallest absolute Gasteiger partial charge is 0.241 e. The summed E-state index contributed by atoms with van der Waals surface area (Å²) in [4.78, 5) is 0.101. The maximum atomic E-state index is 13.6. The van der Waals surface area contributed by atoms with Crippen LogP contribution in [0.1, 0.15) is 12.0 Å². The molecule has 31 heavy (non-hydrogen) atoms. The highest BCUT2D eigenvalue weighted by molar-refractivity contribution is 7.94. The fourth-order valence-electron chi connectivity index (χ4n) is 3.77. The van der Waals surface area contributed by atoms with Crippen LogP contribution in [-0.4, -0.2) is 40.0 Å². The van der Waals surface area contributed by atoms with Crippen LogP contribution in [0.15, 0.2) is 76.5 Å². The SMILES string of the molecule is Cc1ccc(S(=O)(=O)NC(C2CC(S)CN2)S(=O)(=O)c2ccc3ccccc3c2)cc1. The van der Waals surface area contributed by atoms with E-state index >= 15 is 0 Å². The predicted molar refractivity (Wildman–Crippen MR) is 126 cm³/mol. The Bertz CT molecular complexity index is 1310. The third kappa shape index (κ3) is 4.65. The lowest BCUT2D eigenvalue weighted by Gasteiger charge is -2.25. The molecule has 9 heteroatoms. The second-order valence-corrected chi connectivity index (χ2v) is 12.3. The van der Waals surface area contributed by atoms with Crippen molar-refractivity contribution in [2.45, 2.75) is 39.8 Å². The monoisotopic (exact) mass is 476 g/mol. The third-order valence-corrected chi connectivity index (χ3v) is 9.52. The van der Waals surface area contributed by atoms with E-state index in [-0.39, 0.29) is 15.0 Å². The van der Waals surface area contributed by atoms with Crippen LogP contribution >= 0.6 is 12.6 Å². The molecule has 3 unspecified atom stereocenters. The predicted octanol–water partition coefficient (Wildman–Crippen LogP) is 2.89. The van der Waals surface area contributed by atoms with Crippen LogP contribution in [0, 0.1) is 6.92 Å².